The van der Waals surface area contributed by atoms with E-state index in [1.165, 1.54) is 12.1 Å². The van der Waals surface area contributed by atoms with Crippen LogP contribution in [-0.2, 0) is 9.84 Å². The second-order valence-electron chi connectivity index (χ2n) is 4.96. The zero-order valence-electron chi connectivity index (χ0n) is 12.0. The van der Waals surface area contributed by atoms with Gasteiger partial charge in [0.15, 0.2) is 9.84 Å². The molecule has 0 radical (unpaired) electrons. The van der Waals surface area contributed by atoms with E-state index in [1.807, 2.05) is 0 Å². The Morgan fingerprint density at radius 2 is 1.95 bits per heavy atom. The Morgan fingerprint density at radius 1 is 1.33 bits per heavy atom. The van der Waals surface area contributed by atoms with Crippen molar-refractivity contribution in [1.82, 2.24) is 4.90 Å². The number of amides is 1. The lowest BCUT2D eigenvalue weighted by atomic mass is 10.1. The summed E-state index contributed by atoms with van der Waals surface area (Å²) in [5, 5.41) is 0. The predicted octanol–water partition coefficient (Wildman–Crippen LogP) is 1.47. The Hall–Kier alpha value is -1.11. The van der Waals surface area contributed by atoms with Gasteiger partial charge >= 0.3 is 0 Å². The van der Waals surface area contributed by atoms with Gasteiger partial charge in [-0.15, -0.1) is 12.4 Å². The molecule has 1 aliphatic rings. The van der Waals surface area contributed by atoms with Crippen LogP contribution in [0.1, 0.15) is 30.1 Å². The molecule has 2 N–H and O–H groups in total. The first-order valence-corrected chi connectivity index (χ1v) is 8.48. The molecule has 1 aromatic carbocycles. The first-order chi connectivity index (χ1) is 9.49. The van der Waals surface area contributed by atoms with Crippen LogP contribution in [0.2, 0.25) is 0 Å². The molecule has 1 saturated heterocycles. The largest absolute Gasteiger partial charge is 0.334 e. The minimum atomic E-state index is -3.22. The fraction of sp³-hybridized carbons (Fsp3) is 0.500. The van der Waals surface area contributed by atoms with Crippen molar-refractivity contribution in [2.75, 3.05) is 18.8 Å². The van der Waals surface area contributed by atoms with Crippen molar-refractivity contribution in [3.05, 3.63) is 29.8 Å². The molecule has 21 heavy (non-hydrogen) atoms. The van der Waals surface area contributed by atoms with Crippen LogP contribution in [0.4, 0.5) is 0 Å². The van der Waals surface area contributed by atoms with Crippen LogP contribution in [0.3, 0.4) is 0 Å². The van der Waals surface area contributed by atoms with Crippen molar-refractivity contribution in [2.45, 2.75) is 30.7 Å². The second-order valence-corrected chi connectivity index (χ2v) is 7.24. The molecule has 0 aromatic heterocycles. The Bertz CT molecular complexity index is 587. The smallest absolute Gasteiger partial charge is 0.254 e. The quantitative estimate of drug-likeness (QED) is 0.905. The molecule has 0 aliphatic carbocycles. The van der Waals surface area contributed by atoms with Gasteiger partial charge in [0.1, 0.15) is 0 Å². The highest BCUT2D eigenvalue weighted by Gasteiger charge is 2.28. The summed E-state index contributed by atoms with van der Waals surface area (Å²) in [6.07, 6.45) is 1.90. The molecule has 0 spiro atoms. The maximum atomic E-state index is 12.4. The van der Waals surface area contributed by atoms with Gasteiger partial charge in [0.2, 0.25) is 0 Å². The SMILES string of the molecule is CCS(=O)(=O)c1ccc(C(=O)N2CCCC2CN)cc1.Cl. The molecule has 1 heterocycles. The standard InChI is InChI=1S/C14H20N2O3S.ClH/c1-2-20(18,19)13-7-5-11(6-8-13)14(17)16-9-3-4-12(16)10-15;/h5-8,12H,2-4,9-10,15H2,1H3;1H. The van der Waals surface area contributed by atoms with Crippen LogP contribution in [-0.4, -0.2) is 44.1 Å². The molecule has 1 aliphatic heterocycles. The van der Waals surface area contributed by atoms with Crippen molar-refractivity contribution in [2.24, 2.45) is 5.73 Å². The zero-order chi connectivity index (χ0) is 14.8. The average Bonchev–Trinajstić information content (AvgIpc) is 2.95. The summed E-state index contributed by atoms with van der Waals surface area (Å²) in [4.78, 5) is 14.4. The van der Waals surface area contributed by atoms with Crippen LogP contribution in [0.25, 0.3) is 0 Å². The van der Waals surface area contributed by atoms with Crippen molar-refractivity contribution >= 4 is 28.2 Å². The van der Waals surface area contributed by atoms with Crippen molar-refractivity contribution in [3.63, 3.8) is 0 Å². The number of carbonyl (C=O) groups is 1. The molecule has 2 rings (SSSR count). The number of halogens is 1. The molecule has 1 atom stereocenters. The molecular weight excluding hydrogens is 312 g/mol. The highest BCUT2D eigenvalue weighted by atomic mass is 35.5. The molecule has 1 amide bonds. The van der Waals surface area contributed by atoms with E-state index in [-0.39, 0.29) is 35.0 Å². The van der Waals surface area contributed by atoms with Crippen LogP contribution in [0.5, 0.6) is 0 Å². The van der Waals surface area contributed by atoms with E-state index in [2.05, 4.69) is 0 Å². The third-order valence-corrected chi connectivity index (χ3v) is 5.50. The molecule has 0 saturated carbocycles. The number of benzene rings is 1. The van der Waals surface area contributed by atoms with Crippen LogP contribution in [0.15, 0.2) is 29.2 Å². The van der Waals surface area contributed by atoms with E-state index in [1.54, 1.807) is 24.0 Å². The average molecular weight is 333 g/mol. The van der Waals surface area contributed by atoms with Gasteiger partial charge in [-0.2, -0.15) is 0 Å². The Morgan fingerprint density at radius 3 is 2.48 bits per heavy atom. The van der Waals surface area contributed by atoms with E-state index in [4.69, 9.17) is 5.73 Å². The monoisotopic (exact) mass is 332 g/mol. The van der Waals surface area contributed by atoms with Crippen molar-refractivity contribution in [1.29, 1.82) is 0 Å². The summed E-state index contributed by atoms with van der Waals surface area (Å²) >= 11 is 0. The summed E-state index contributed by atoms with van der Waals surface area (Å²) in [7, 11) is -3.22. The molecule has 7 heteroatoms. The van der Waals surface area contributed by atoms with E-state index >= 15 is 0 Å². The minimum Gasteiger partial charge on any atom is -0.334 e. The predicted molar refractivity (Wildman–Crippen MR) is 84.5 cm³/mol. The van der Waals surface area contributed by atoms with E-state index < -0.39 is 9.84 Å². The summed E-state index contributed by atoms with van der Waals surface area (Å²) in [6.45, 7) is 2.79. The topological polar surface area (TPSA) is 80.5 Å². The normalized spacial score (nSPS) is 18.4. The van der Waals surface area contributed by atoms with E-state index in [0.717, 1.165) is 19.4 Å². The molecular formula is C14H21ClN2O3S. The maximum Gasteiger partial charge on any atom is 0.254 e. The van der Waals surface area contributed by atoms with Gasteiger partial charge in [-0.25, -0.2) is 8.42 Å². The fourth-order valence-corrected chi connectivity index (χ4v) is 3.37. The van der Waals surface area contributed by atoms with Crippen LogP contribution < -0.4 is 5.73 Å². The van der Waals surface area contributed by atoms with Crippen LogP contribution in [0, 0.1) is 0 Å². The van der Waals surface area contributed by atoms with Gasteiger partial charge in [0.25, 0.3) is 5.91 Å². The first kappa shape index (κ1) is 17.9. The molecule has 0 bridgehead atoms. The number of likely N-dealkylation sites (tertiary alicyclic amines) is 1. The molecule has 1 aromatic rings. The van der Waals surface area contributed by atoms with Gasteiger partial charge in [-0.3, -0.25) is 4.79 Å². The first-order valence-electron chi connectivity index (χ1n) is 6.83. The lowest BCUT2D eigenvalue weighted by molar-refractivity contribution is 0.0741. The van der Waals surface area contributed by atoms with Crippen molar-refractivity contribution in [3.8, 4) is 0 Å². The van der Waals surface area contributed by atoms with Gasteiger partial charge in [0, 0.05) is 24.7 Å². The number of carbonyl (C=O) groups excluding carboxylic acids is 1. The lowest BCUT2D eigenvalue weighted by Gasteiger charge is -2.23. The number of nitrogens with two attached hydrogens (primary N) is 1. The van der Waals surface area contributed by atoms with E-state index in [0.29, 0.717) is 12.1 Å². The second kappa shape index (κ2) is 7.24. The van der Waals surface area contributed by atoms with Crippen molar-refractivity contribution < 1.29 is 13.2 Å². The number of nitrogens with zero attached hydrogens (tertiary/aromatic N) is 1. The zero-order valence-corrected chi connectivity index (χ0v) is 13.6. The number of hydrogen-bond acceptors (Lipinski definition) is 4. The van der Waals surface area contributed by atoms with Crippen LogP contribution >= 0.6 is 12.4 Å². The maximum absolute atomic E-state index is 12.4. The highest BCUT2D eigenvalue weighted by Crippen LogP contribution is 2.20. The number of sulfone groups is 1. The summed E-state index contributed by atoms with van der Waals surface area (Å²) in [6, 6.07) is 6.26. The Balaban J connectivity index is 0.00000220. The van der Waals surface area contributed by atoms with E-state index in [9.17, 15) is 13.2 Å². The molecule has 1 unspecified atom stereocenters. The fourth-order valence-electron chi connectivity index (χ4n) is 2.49. The summed E-state index contributed by atoms with van der Waals surface area (Å²) < 4.78 is 23.4. The summed E-state index contributed by atoms with van der Waals surface area (Å²) in [5.41, 5.74) is 6.18. The van der Waals surface area contributed by atoms with Gasteiger partial charge < -0.3 is 10.6 Å². The minimum absolute atomic E-state index is 0. The highest BCUT2D eigenvalue weighted by molar-refractivity contribution is 7.91. The third kappa shape index (κ3) is 3.75. The Labute approximate surface area is 131 Å². The summed E-state index contributed by atoms with van der Waals surface area (Å²) in [5.74, 6) is -0.0137. The van der Waals surface area contributed by atoms with Gasteiger partial charge in [-0.05, 0) is 37.1 Å². The Kier molecular flexibility index (Phi) is 6.19. The van der Waals surface area contributed by atoms with Gasteiger partial charge in [0.05, 0.1) is 10.6 Å². The molecule has 118 valence electrons. The number of rotatable bonds is 4. The number of hydrogen-bond donors (Lipinski definition) is 1. The van der Waals surface area contributed by atoms with Gasteiger partial charge in [-0.1, -0.05) is 6.92 Å². The lowest BCUT2D eigenvalue weighted by Crippen LogP contribution is -2.39. The third-order valence-electron chi connectivity index (χ3n) is 3.75. The molecule has 5 nitrogen and oxygen atoms in total. The molecule has 1 fully saturated rings.